The molecule has 310 valence electrons. The zero-order valence-corrected chi connectivity index (χ0v) is 37.3. The van der Waals surface area contributed by atoms with Crippen LogP contribution < -0.4 is 0 Å². The Morgan fingerprint density at radius 1 is 0.333 bits per heavy atom. The number of hydrogen-bond acceptors (Lipinski definition) is 4. The molecule has 0 spiro atoms. The molecule has 3 nitrogen and oxygen atoms in total. The predicted octanol–water partition coefficient (Wildman–Crippen LogP) is 16.9. The van der Waals surface area contributed by atoms with E-state index < -0.39 is 0 Å². The average molecular weight is 860 g/mol. The van der Waals surface area contributed by atoms with E-state index in [1.165, 1.54) is 81.7 Å². The van der Waals surface area contributed by atoms with E-state index in [4.69, 9.17) is 15.0 Å². The summed E-state index contributed by atoms with van der Waals surface area (Å²) >= 11 is 1.82. The largest absolute Gasteiger partial charge is 0.208 e. The Morgan fingerprint density at radius 2 is 0.864 bits per heavy atom. The first-order chi connectivity index (χ1) is 32.5. The molecular weight excluding hydrogens is 819 g/mol. The number of benzene rings is 10. The third kappa shape index (κ3) is 6.13. The van der Waals surface area contributed by atoms with Crippen LogP contribution in [0.3, 0.4) is 0 Å². The van der Waals surface area contributed by atoms with Crippen LogP contribution in [-0.4, -0.2) is 15.0 Å². The monoisotopic (exact) mass is 859 g/mol. The highest BCUT2D eigenvalue weighted by atomic mass is 32.1. The summed E-state index contributed by atoms with van der Waals surface area (Å²) in [6.07, 6.45) is 0. The normalized spacial score (nSPS) is 12.8. The van der Waals surface area contributed by atoms with Crippen LogP contribution in [0.4, 0.5) is 0 Å². The molecule has 0 N–H and O–H groups in total. The SMILES string of the molecule is CC1(C)c2ccccc2-c2ccc(-c3nc(-c4ccc(-c5ccccc5)cc4)nc(-c4cc5ccccc5c5c4sc4ccc(-c6ccc(-c7ccccc7)c7ccccc67)cc45)n3)cc21. The highest BCUT2D eigenvalue weighted by Gasteiger charge is 2.35. The minimum absolute atomic E-state index is 0.162. The Morgan fingerprint density at radius 3 is 1.62 bits per heavy atom. The molecule has 0 unspecified atom stereocenters. The molecule has 10 aromatic carbocycles. The summed E-state index contributed by atoms with van der Waals surface area (Å²) in [6.45, 7) is 4.64. The van der Waals surface area contributed by atoms with Crippen molar-refractivity contribution >= 4 is 53.1 Å². The van der Waals surface area contributed by atoms with Crippen LogP contribution in [0, 0.1) is 0 Å². The molecule has 2 aromatic heterocycles. The number of hydrogen-bond donors (Lipinski definition) is 0. The summed E-state index contributed by atoms with van der Waals surface area (Å²) in [5, 5.41) is 7.31. The fraction of sp³-hybridized carbons (Fsp3) is 0.0484. The van der Waals surface area contributed by atoms with Gasteiger partial charge in [-0.2, -0.15) is 0 Å². The van der Waals surface area contributed by atoms with Crippen LogP contribution in [0.15, 0.2) is 212 Å². The van der Waals surface area contributed by atoms with Crippen molar-refractivity contribution in [3.8, 4) is 78.7 Å². The second-order valence-electron chi connectivity index (χ2n) is 17.9. The molecule has 0 aliphatic heterocycles. The summed E-state index contributed by atoms with van der Waals surface area (Å²) < 4.78 is 2.39. The molecule has 12 aromatic rings. The van der Waals surface area contributed by atoms with E-state index in [9.17, 15) is 0 Å². The number of aromatic nitrogens is 3. The van der Waals surface area contributed by atoms with Gasteiger partial charge in [-0.15, -0.1) is 11.3 Å². The highest BCUT2D eigenvalue weighted by Crippen LogP contribution is 2.50. The lowest BCUT2D eigenvalue weighted by Gasteiger charge is -2.21. The van der Waals surface area contributed by atoms with Gasteiger partial charge in [-0.05, 0) is 101 Å². The second kappa shape index (κ2) is 15.0. The Balaban J connectivity index is 1.01. The van der Waals surface area contributed by atoms with Crippen molar-refractivity contribution in [2.24, 2.45) is 0 Å². The van der Waals surface area contributed by atoms with Crippen molar-refractivity contribution in [3.63, 3.8) is 0 Å². The highest BCUT2D eigenvalue weighted by molar-refractivity contribution is 7.26. The first-order valence-corrected chi connectivity index (χ1v) is 23.4. The molecule has 0 amide bonds. The van der Waals surface area contributed by atoms with Crippen molar-refractivity contribution in [2.45, 2.75) is 19.3 Å². The first-order valence-electron chi connectivity index (χ1n) is 22.6. The van der Waals surface area contributed by atoms with Gasteiger partial charge in [-0.25, -0.2) is 15.0 Å². The van der Waals surface area contributed by atoms with Gasteiger partial charge in [-0.3, -0.25) is 0 Å². The number of thiophene rings is 1. The van der Waals surface area contributed by atoms with Gasteiger partial charge < -0.3 is 0 Å². The molecule has 0 saturated heterocycles. The lowest BCUT2D eigenvalue weighted by atomic mass is 9.82. The molecule has 0 bridgehead atoms. The molecule has 0 atom stereocenters. The van der Waals surface area contributed by atoms with E-state index in [1.54, 1.807) is 0 Å². The van der Waals surface area contributed by atoms with Crippen LogP contribution >= 0.6 is 11.3 Å². The van der Waals surface area contributed by atoms with E-state index >= 15 is 0 Å². The van der Waals surface area contributed by atoms with E-state index in [1.807, 2.05) is 11.3 Å². The van der Waals surface area contributed by atoms with E-state index in [2.05, 4.69) is 226 Å². The van der Waals surface area contributed by atoms with Crippen LogP contribution in [0.5, 0.6) is 0 Å². The fourth-order valence-electron chi connectivity index (χ4n) is 10.4. The van der Waals surface area contributed by atoms with Gasteiger partial charge in [0.05, 0.1) is 0 Å². The summed E-state index contributed by atoms with van der Waals surface area (Å²) in [4.78, 5) is 16.1. The van der Waals surface area contributed by atoms with Gasteiger partial charge in [0, 0.05) is 42.3 Å². The third-order valence-corrected chi connectivity index (χ3v) is 15.0. The topological polar surface area (TPSA) is 38.7 Å². The predicted molar refractivity (Wildman–Crippen MR) is 278 cm³/mol. The molecule has 13 rings (SSSR count). The summed E-state index contributed by atoms with van der Waals surface area (Å²) in [5.41, 5.74) is 15.1. The Bertz CT molecular complexity index is 3890. The molecule has 4 heteroatoms. The zero-order chi connectivity index (χ0) is 43.9. The molecule has 66 heavy (non-hydrogen) atoms. The van der Waals surface area contributed by atoms with Gasteiger partial charge >= 0.3 is 0 Å². The van der Waals surface area contributed by atoms with Crippen molar-refractivity contribution < 1.29 is 0 Å². The van der Waals surface area contributed by atoms with E-state index in [0.717, 1.165) is 32.3 Å². The average Bonchev–Trinajstić information content (AvgIpc) is 3.88. The number of fused-ring (bicyclic) bond motifs is 9. The van der Waals surface area contributed by atoms with Crippen LogP contribution in [0.25, 0.3) is 120 Å². The lowest BCUT2D eigenvalue weighted by molar-refractivity contribution is 0.660. The Labute approximate surface area is 387 Å². The summed E-state index contributed by atoms with van der Waals surface area (Å²) in [5.74, 6) is 1.97. The summed E-state index contributed by atoms with van der Waals surface area (Å²) in [6, 6.07) is 76.7. The maximum absolute atomic E-state index is 5.43. The van der Waals surface area contributed by atoms with E-state index in [0.29, 0.717) is 17.5 Å². The zero-order valence-electron chi connectivity index (χ0n) is 36.5. The number of rotatable bonds is 6. The molecule has 0 radical (unpaired) electrons. The third-order valence-electron chi connectivity index (χ3n) is 13.8. The summed E-state index contributed by atoms with van der Waals surface area (Å²) in [7, 11) is 0. The maximum atomic E-state index is 5.43. The fourth-order valence-corrected chi connectivity index (χ4v) is 11.6. The second-order valence-corrected chi connectivity index (χ2v) is 19.0. The van der Waals surface area contributed by atoms with Crippen LogP contribution in [0.1, 0.15) is 25.0 Å². The molecule has 0 saturated carbocycles. The molecule has 2 heterocycles. The molecule has 1 aliphatic rings. The van der Waals surface area contributed by atoms with Gasteiger partial charge in [0.25, 0.3) is 0 Å². The van der Waals surface area contributed by atoms with E-state index in [-0.39, 0.29) is 5.41 Å². The maximum Gasteiger partial charge on any atom is 0.165 e. The standard InChI is InChI=1S/C62H41N3S/c1-62(2)54-24-14-13-23-50(54)51-31-29-44(37-55(51)62)60-63-59(41-27-25-39(26-28-41)38-15-5-3-6-16-38)64-61(65-60)53-36-42-19-9-10-20-47(42)57-52-35-43(30-34-56(52)66-58(53)57)46-33-32-45(40-17-7-4-8-18-40)48-21-11-12-22-49(46)48/h3-37H,1-2H3. The smallest absolute Gasteiger partial charge is 0.165 e. The van der Waals surface area contributed by atoms with Crippen LogP contribution in [-0.2, 0) is 5.41 Å². The van der Waals surface area contributed by atoms with Crippen molar-refractivity contribution in [3.05, 3.63) is 223 Å². The molecular formula is C62H41N3S. The minimum Gasteiger partial charge on any atom is -0.208 e. The van der Waals surface area contributed by atoms with Gasteiger partial charge in [0.1, 0.15) is 0 Å². The molecule has 1 aliphatic carbocycles. The quantitative estimate of drug-likeness (QED) is 0.167. The van der Waals surface area contributed by atoms with Gasteiger partial charge in [0.15, 0.2) is 17.5 Å². The minimum atomic E-state index is -0.162. The molecule has 0 fully saturated rings. The van der Waals surface area contributed by atoms with Gasteiger partial charge in [0.2, 0.25) is 0 Å². The van der Waals surface area contributed by atoms with Gasteiger partial charge in [-0.1, -0.05) is 202 Å². The Kier molecular flexibility index (Phi) is 8.74. The number of nitrogens with zero attached hydrogens (tertiary/aromatic N) is 3. The first kappa shape index (κ1) is 38.4. The van der Waals surface area contributed by atoms with Crippen molar-refractivity contribution in [1.82, 2.24) is 15.0 Å². The lowest BCUT2D eigenvalue weighted by Crippen LogP contribution is -2.15. The Hall–Kier alpha value is -8.05. The van der Waals surface area contributed by atoms with Crippen molar-refractivity contribution in [2.75, 3.05) is 0 Å². The van der Waals surface area contributed by atoms with Crippen LogP contribution in [0.2, 0.25) is 0 Å². The van der Waals surface area contributed by atoms with Crippen molar-refractivity contribution in [1.29, 1.82) is 0 Å².